The van der Waals surface area contributed by atoms with Gasteiger partial charge in [0, 0.05) is 23.3 Å². The fourth-order valence-electron chi connectivity index (χ4n) is 1.55. The molecule has 0 heterocycles. The summed E-state index contributed by atoms with van der Waals surface area (Å²) in [6.45, 7) is 0. The number of hydrogen-bond donors (Lipinski definition) is 0. The first kappa shape index (κ1) is 14.6. The summed E-state index contributed by atoms with van der Waals surface area (Å²) in [5.41, 5.74) is 0.195. The Hall–Kier alpha value is -2.81. The lowest BCUT2D eigenvalue weighted by molar-refractivity contribution is -0.384. The first-order valence-electron chi connectivity index (χ1n) is 5.80. The molecule has 0 aromatic heterocycles. The molecule has 2 aromatic rings. The normalized spacial score (nSPS) is 10.6. The summed E-state index contributed by atoms with van der Waals surface area (Å²) in [4.78, 5) is 9.96. The number of rotatable bonds is 1. The molecule has 0 spiro atoms. The van der Waals surface area contributed by atoms with Crippen LogP contribution in [0, 0.1) is 22.0 Å². The fraction of sp³-hybridized carbons (Fsp3) is 0.0667. The van der Waals surface area contributed by atoms with Crippen LogP contribution in [0.25, 0.3) is 0 Å². The molecule has 2 rings (SSSR count). The quantitative estimate of drug-likeness (QED) is 0.452. The Balaban J connectivity index is 2.17. The van der Waals surface area contributed by atoms with Crippen LogP contribution in [0.3, 0.4) is 0 Å². The van der Waals surface area contributed by atoms with E-state index in [1.165, 1.54) is 36.4 Å². The molecule has 2 aromatic carbocycles. The van der Waals surface area contributed by atoms with Gasteiger partial charge in [0.25, 0.3) is 5.69 Å². The molecule has 0 atom stereocenters. The minimum Gasteiger partial charge on any atom is -0.258 e. The number of nitro groups is 1. The lowest BCUT2D eigenvalue weighted by Gasteiger charge is -2.05. The Kier molecular flexibility index (Phi) is 3.94. The van der Waals surface area contributed by atoms with Crippen LogP contribution in [0.1, 0.15) is 16.7 Å². The number of alkyl halides is 3. The number of nitro benzene ring substituents is 1. The lowest BCUT2D eigenvalue weighted by atomic mass is 10.1. The van der Waals surface area contributed by atoms with Gasteiger partial charge in [0.1, 0.15) is 0 Å². The molecule has 0 aliphatic rings. The summed E-state index contributed by atoms with van der Waals surface area (Å²) in [5, 5.41) is 10.5. The van der Waals surface area contributed by atoms with Gasteiger partial charge in [0.15, 0.2) is 0 Å². The first-order valence-corrected chi connectivity index (χ1v) is 5.80. The van der Waals surface area contributed by atoms with Gasteiger partial charge >= 0.3 is 6.18 Å². The maximum atomic E-state index is 12.4. The second kappa shape index (κ2) is 5.67. The Bertz CT molecular complexity index is 708. The standard InChI is InChI=1S/C15H8F3NO2/c16-15(17,18)13-7-3-11(4-8-13)1-2-12-5-9-14(10-6-12)19(20)21/h3-10H. The van der Waals surface area contributed by atoms with Crippen LogP contribution in [0.4, 0.5) is 18.9 Å². The second-order valence-electron chi connectivity index (χ2n) is 4.13. The maximum absolute atomic E-state index is 12.4. The molecular weight excluding hydrogens is 283 g/mol. The first-order chi connectivity index (χ1) is 9.86. The van der Waals surface area contributed by atoms with Crippen LogP contribution < -0.4 is 0 Å². The molecule has 0 unspecified atom stereocenters. The van der Waals surface area contributed by atoms with Crippen molar-refractivity contribution in [1.29, 1.82) is 0 Å². The highest BCUT2D eigenvalue weighted by atomic mass is 19.4. The highest BCUT2D eigenvalue weighted by Gasteiger charge is 2.29. The molecule has 0 N–H and O–H groups in total. The maximum Gasteiger partial charge on any atom is 0.416 e. The Morgan fingerprint density at radius 2 is 1.29 bits per heavy atom. The van der Waals surface area contributed by atoms with Crippen molar-refractivity contribution in [3.8, 4) is 11.8 Å². The zero-order valence-electron chi connectivity index (χ0n) is 10.5. The summed E-state index contributed by atoms with van der Waals surface area (Å²) in [5.74, 6) is 5.43. The zero-order chi connectivity index (χ0) is 15.5. The van der Waals surface area contributed by atoms with E-state index in [1.54, 1.807) is 0 Å². The van der Waals surface area contributed by atoms with Crippen molar-refractivity contribution in [3.05, 3.63) is 75.3 Å². The van der Waals surface area contributed by atoms with Gasteiger partial charge in [-0.1, -0.05) is 11.8 Å². The lowest BCUT2D eigenvalue weighted by Crippen LogP contribution is -2.04. The van der Waals surface area contributed by atoms with Crippen LogP contribution in [-0.2, 0) is 6.18 Å². The van der Waals surface area contributed by atoms with Gasteiger partial charge in [-0.2, -0.15) is 13.2 Å². The highest BCUT2D eigenvalue weighted by Crippen LogP contribution is 2.28. The van der Waals surface area contributed by atoms with Crippen LogP contribution in [-0.4, -0.2) is 4.92 Å². The molecule has 0 fully saturated rings. The van der Waals surface area contributed by atoms with E-state index in [-0.39, 0.29) is 5.69 Å². The van der Waals surface area contributed by atoms with Crippen molar-refractivity contribution in [2.45, 2.75) is 6.18 Å². The Morgan fingerprint density at radius 1 is 0.857 bits per heavy atom. The van der Waals surface area contributed by atoms with Gasteiger partial charge in [-0.3, -0.25) is 10.1 Å². The minimum absolute atomic E-state index is 0.0462. The molecule has 0 amide bonds. The van der Waals surface area contributed by atoms with Crippen molar-refractivity contribution < 1.29 is 18.1 Å². The average molecular weight is 291 g/mol. The third-order valence-corrected chi connectivity index (χ3v) is 2.64. The summed E-state index contributed by atoms with van der Waals surface area (Å²) in [7, 11) is 0. The van der Waals surface area contributed by atoms with E-state index in [4.69, 9.17) is 0 Å². The fourth-order valence-corrected chi connectivity index (χ4v) is 1.55. The van der Waals surface area contributed by atoms with E-state index >= 15 is 0 Å². The molecule has 0 radical (unpaired) electrons. The van der Waals surface area contributed by atoms with Crippen molar-refractivity contribution in [1.82, 2.24) is 0 Å². The van der Waals surface area contributed by atoms with E-state index < -0.39 is 16.7 Å². The van der Waals surface area contributed by atoms with Crippen molar-refractivity contribution in [2.24, 2.45) is 0 Å². The van der Waals surface area contributed by atoms with E-state index in [9.17, 15) is 23.3 Å². The van der Waals surface area contributed by atoms with Crippen LogP contribution in [0.2, 0.25) is 0 Å². The van der Waals surface area contributed by atoms with Gasteiger partial charge in [0.2, 0.25) is 0 Å². The largest absolute Gasteiger partial charge is 0.416 e. The van der Waals surface area contributed by atoms with Crippen LogP contribution in [0.5, 0.6) is 0 Å². The van der Waals surface area contributed by atoms with Gasteiger partial charge in [0.05, 0.1) is 10.5 Å². The summed E-state index contributed by atoms with van der Waals surface area (Å²) in [6.07, 6.45) is -4.37. The monoisotopic (exact) mass is 291 g/mol. The smallest absolute Gasteiger partial charge is 0.258 e. The third kappa shape index (κ3) is 3.83. The van der Waals surface area contributed by atoms with E-state index in [0.29, 0.717) is 11.1 Å². The zero-order valence-corrected chi connectivity index (χ0v) is 10.5. The predicted molar refractivity (Wildman–Crippen MR) is 70.5 cm³/mol. The second-order valence-corrected chi connectivity index (χ2v) is 4.13. The number of nitrogens with zero attached hydrogens (tertiary/aromatic N) is 1. The number of halogens is 3. The molecule has 0 bridgehead atoms. The van der Waals surface area contributed by atoms with Gasteiger partial charge in [-0.25, -0.2) is 0 Å². The third-order valence-electron chi connectivity index (χ3n) is 2.64. The van der Waals surface area contributed by atoms with E-state index in [1.807, 2.05) is 0 Å². The summed E-state index contributed by atoms with van der Waals surface area (Å²) < 4.78 is 37.1. The van der Waals surface area contributed by atoms with Gasteiger partial charge < -0.3 is 0 Å². The van der Waals surface area contributed by atoms with Gasteiger partial charge in [-0.15, -0.1) is 0 Å². The summed E-state index contributed by atoms with van der Waals surface area (Å²) >= 11 is 0. The molecular formula is C15H8F3NO2. The molecule has 0 saturated carbocycles. The molecule has 6 heteroatoms. The van der Waals surface area contributed by atoms with Crippen LogP contribution >= 0.6 is 0 Å². The highest BCUT2D eigenvalue weighted by molar-refractivity contribution is 5.46. The van der Waals surface area contributed by atoms with Gasteiger partial charge in [-0.05, 0) is 36.4 Å². The molecule has 0 aliphatic heterocycles. The molecule has 106 valence electrons. The Morgan fingerprint density at radius 3 is 1.67 bits per heavy atom. The number of benzene rings is 2. The number of hydrogen-bond acceptors (Lipinski definition) is 2. The van der Waals surface area contributed by atoms with Crippen molar-refractivity contribution in [3.63, 3.8) is 0 Å². The average Bonchev–Trinajstić information content (AvgIpc) is 2.45. The molecule has 21 heavy (non-hydrogen) atoms. The molecule has 0 saturated heterocycles. The Labute approximate surface area is 118 Å². The summed E-state index contributed by atoms with van der Waals surface area (Å²) in [6, 6.07) is 10.1. The van der Waals surface area contributed by atoms with Crippen LogP contribution in [0.15, 0.2) is 48.5 Å². The number of non-ortho nitro benzene ring substituents is 1. The van der Waals surface area contributed by atoms with E-state index in [0.717, 1.165) is 12.1 Å². The minimum atomic E-state index is -4.37. The predicted octanol–water partition coefficient (Wildman–Crippen LogP) is 4.01. The van der Waals surface area contributed by atoms with E-state index in [2.05, 4.69) is 11.8 Å². The molecule has 3 nitrogen and oxygen atoms in total. The van der Waals surface area contributed by atoms with Crippen molar-refractivity contribution >= 4 is 5.69 Å². The topological polar surface area (TPSA) is 43.1 Å². The SMILES string of the molecule is O=[N+]([O-])c1ccc(C#Cc2ccc(C(F)(F)F)cc2)cc1. The molecule has 0 aliphatic carbocycles. The van der Waals surface area contributed by atoms with Crippen molar-refractivity contribution in [2.75, 3.05) is 0 Å².